The number of benzene rings is 3. The van der Waals surface area contributed by atoms with E-state index in [0.29, 0.717) is 6.61 Å². The SMILES string of the molecule is COc1ccccc1C(C)N=Cc1ccc(OCc2ccccc2)cc1. The Labute approximate surface area is 154 Å². The van der Waals surface area contributed by atoms with Gasteiger partial charge >= 0.3 is 0 Å². The maximum atomic E-state index is 5.81. The smallest absolute Gasteiger partial charge is 0.124 e. The molecule has 0 aromatic heterocycles. The number of hydrogen-bond acceptors (Lipinski definition) is 3. The molecule has 3 heteroatoms. The van der Waals surface area contributed by atoms with E-state index < -0.39 is 0 Å². The third-order valence-corrected chi connectivity index (χ3v) is 4.16. The molecule has 0 aliphatic heterocycles. The van der Waals surface area contributed by atoms with Crippen LogP contribution in [0.15, 0.2) is 83.9 Å². The molecule has 3 nitrogen and oxygen atoms in total. The van der Waals surface area contributed by atoms with E-state index in [9.17, 15) is 0 Å². The lowest BCUT2D eigenvalue weighted by atomic mass is 10.1. The Bertz CT molecular complexity index is 842. The number of nitrogens with zero attached hydrogens (tertiary/aromatic N) is 1. The summed E-state index contributed by atoms with van der Waals surface area (Å²) >= 11 is 0. The summed E-state index contributed by atoms with van der Waals surface area (Å²) in [5, 5.41) is 0. The van der Waals surface area contributed by atoms with E-state index >= 15 is 0 Å². The molecule has 26 heavy (non-hydrogen) atoms. The summed E-state index contributed by atoms with van der Waals surface area (Å²) in [7, 11) is 1.68. The van der Waals surface area contributed by atoms with Gasteiger partial charge in [0.25, 0.3) is 0 Å². The van der Waals surface area contributed by atoms with E-state index in [2.05, 4.69) is 24.0 Å². The molecule has 3 aromatic rings. The lowest BCUT2D eigenvalue weighted by molar-refractivity contribution is 0.306. The standard InChI is InChI=1S/C23H23NO2/c1-18(22-10-6-7-11-23(22)25-2)24-16-19-12-14-21(15-13-19)26-17-20-8-4-3-5-9-20/h3-16,18H,17H2,1-2H3. The fraction of sp³-hybridized carbons (Fsp3) is 0.174. The molecule has 132 valence electrons. The van der Waals surface area contributed by atoms with Crippen LogP contribution in [0.1, 0.15) is 29.7 Å². The van der Waals surface area contributed by atoms with Gasteiger partial charge in [-0.2, -0.15) is 0 Å². The minimum Gasteiger partial charge on any atom is -0.496 e. The molecule has 0 amide bonds. The zero-order valence-corrected chi connectivity index (χ0v) is 15.1. The van der Waals surface area contributed by atoms with Crippen LogP contribution in [0.25, 0.3) is 0 Å². The van der Waals surface area contributed by atoms with Gasteiger partial charge in [0.2, 0.25) is 0 Å². The van der Waals surface area contributed by atoms with E-state index in [1.54, 1.807) is 7.11 Å². The first-order chi connectivity index (χ1) is 12.8. The van der Waals surface area contributed by atoms with Gasteiger partial charge in [-0.05, 0) is 48.4 Å². The summed E-state index contributed by atoms with van der Waals surface area (Å²) < 4.78 is 11.2. The molecule has 3 rings (SSSR count). The van der Waals surface area contributed by atoms with Crippen LogP contribution >= 0.6 is 0 Å². The number of rotatable bonds is 7. The van der Waals surface area contributed by atoms with Crippen molar-refractivity contribution in [1.82, 2.24) is 0 Å². The molecule has 0 fully saturated rings. The average Bonchev–Trinajstić information content (AvgIpc) is 2.72. The fourth-order valence-electron chi connectivity index (χ4n) is 2.68. The summed E-state index contributed by atoms with van der Waals surface area (Å²) in [6.45, 7) is 2.63. The average molecular weight is 345 g/mol. The van der Waals surface area contributed by atoms with Crippen LogP contribution in [0.2, 0.25) is 0 Å². The van der Waals surface area contributed by atoms with Crippen LogP contribution in [0.4, 0.5) is 0 Å². The molecule has 0 saturated carbocycles. The molecule has 0 aliphatic carbocycles. The zero-order chi connectivity index (χ0) is 18.2. The van der Waals surface area contributed by atoms with Gasteiger partial charge in [0.15, 0.2) is 0 Å². The maximum absolute atomic E-state index is 5.81. The highest BCUT2D eigenvalue weighted by Crippen LogP contribution is 2.26. The van der Waals surface area contributed by atoms with Crippen LogP contribution < -0.4 is 9.47 Å². The molecule has 1 atom stereocenters. The number of hydrogen-bond donors (Lipinski definition) is 0. The molecule has 3 aromatic carbocycles. The predicted octanol–water partition coefficient (Wildman–Crippen LogP) is 5.45. The summed E-state index contributed by atoms with van der Waals surface area (Å²) in [6, 6.07) is 26.1. The van der Waals surface area contributed by atoms with E-state index in [0.717, 1.165) is 28.2 Å². The Morgan fingerprint density at radius 3 is 2.31 bits per heavy atom. The van der Waals surface area contributed by atoms with Crippen LogP contribution in [-0.4, -0.2) is 13.3 Å². The van der Waals surface area contributed by atoms with Gasteiger partial charge in [-0.15, -0.1) is 0 Å². The fourth-order valence-corrected chi connectivity index (χ4v) is 2.68. The Morgan fingerprint density at radius 2 is 1.58 bits per heavy atom. The summed E-state index contributed by atoms with van der Waals surface area (Å²) in [5.74, 6) is 1.71. The predicted molar refractivity (Wildman–Crippen MR) is 106 cm³/mol. The molecule has 0 aliphatic rings. The second-order valence-electron chi connectivity index (χ2n) is 6.04. The van der Waals surface area contributed by atoms with Crippen molar-refractivity contribution in [3.63, 3.8) is 0 Å². The topological polar surface area (TPSA) is 30.8 Å². The quantitative estimate of drug-likeness (QED) is 0.533. The summed E-state index contributed by atoms with van der Waals surface area (Å²) in [5.41, 5.74) is 3.27. The van der Waals surface area contributed by atoms with Gasteiger partial charge in [0.1, 0.15) is 18.1 Å². The second-order valence-corrected chi connectivity index (χ2v) is 6.04. The molecular weight excluding hydrogens is 322 g/mol. The number of ether oxygens (including phenoxy) is 2. The summed E-state index contributed by atoms with van der Waals surface area (Å²) in [4.78, 5) is 4.65. The largest absolute Gasteiger partial charge is 0.496 e. The van der Waals surface area contributed by atoms with Crippen molar-refractivity contribution in [3.8, 4) is 11.5 Å². The Balaban J connectivity index is 1.60. The summed E-state index contributed by atoms with van der Waals surface area (Å²) in [6.07, 6.45) is 1.89. The van der Waals surface area contributed by atoms with Gasteiger partial charge in [0, 0.05) is 11.8 Å². The van der Waals surface area contributed by atoms with Gasteiger partial charge < -0.3 is 9.47 Å². The van der Waals surface area contributed by atoms with Crippen molar-refractivity contribution in [2.24, 2.45) is 4.99 Å². The normalized spacial score (nSPS) is 12.1. The highest BCUT2D eigenvalue weighted by atomic mass is 16.5. The van der Waals surface area contributed by atoms with Crippen molar-refractivity contribution < 1.29 is 9.47 Å². The molecule has 0 bridgehead atoms. The van der Waals surface area contributed by atoms with E-state index in [-0.39, 0.29) is 6.04 Å². The first kappa shape index (κ1) is 17.7. The van der Waals surface area contributed by atoms with E-state index in [1.165, 1.54) is 0 Å². The molecule has 0 spiro atoms. The van der Waals surface area contributed by atoms with E-state index in [1.807, 2.05) is 72.9 Å². The Kier molecular flexibility index (Phi) is 6.05. The Hall–Kier alpha value is -3.07. The van der Waals surface area contributed by atoms with Crippen LogP contribution in [0.5, 0.6) is 11.5 Å². The lowest BCUT2D eigenvalue weighted by Gasteiger charge is -2.11. The van der Waals surface area contributed by atoms with Gasteiger partial charge in [-0.25, -0.2) is 0 Å². The van der Waals surface area contributed by atoms with Crippen molar-refractivity contribution in [1.29, 1.82) is 0 Å². The minimum absolute atomic E-state index is 0.0279. The molecular formula is C23H23NO2. The van der Waals surface area contributed by atoms with Crippen LogP contribution in [0.3, 0.4) is 0 Å². The van der Waals surface area contributed by atoms with Gasteiger partial charge in [0.05, 0.1) is 13.2 Å². The van der Waals surface area contributed by atoms with Crippen molar-refractivity contribution >= 4 is 6.21 Å². The van der Waals surface area contributed by atoms with Crippen LogP contribution in [0, 0.1) is 0 Å². The van der Waals surface area contributed by atoms with Crippen molar-refractivity contribution in [2.45, 2.75) is 19.6 Å². The Morgan fingerprint density at radius 1 is 0.885 bits per heavy atom. The third kappa shape index (κ3) is 4.73. The number of para-hydroxylation sites is 1. The van der Waals surface area contributed by atoms with E-state index in [4.69, 9.17) is 9.47 Å². The first-order valence-electron chi connectivity index (χ1n) is 8.69. The molecule has 0 N–H and O–H groups in total. The van der Waals surface area contributed by atoms with Crippen LogP contribution in [-0.2, 0) is 6.61 Å². The van der Waals surface area contributed by atoms with Gasteiger partial charge in [-0.1, -0.05) is 48.5 Å². The van der Waals surface area contributed by atoms with Crippen molar-refractivity contribution in [2.75, 3.05) is 7.11 Å². The molecule has 1 unspecified atom stereocenters. The number of methoxy groups -OCH3 is 1. The third-order valence-electron chi connectivity index (χ3n) is 4.16. The molecule has 0 saturated heterocycles. The molecule has 0 heterocycles. The maximum Gasteiger partial charge on any atom is 0.124 e. The van der Waals surface area contributed by atoms with Crippen molar-refractivity contribution in [3.05, 3.63) is 95.6 Å². The molecule has 0 radical (unpaired) electrons. The highest BCUT2D eigenvalue weighted by Gasteiger charge is 2.08. The zero-order valence-electron chi connectivity index (χ0n) is 15.1. The first-order valence-corrected chi connectivity index (χ1v) is 8.69. The monoisotopic (exact) mass is 345 g/mol. The lowest BCUT2D eigenvalue weighted by Crippen LogP contribution is -1.96. The minimum atomic E-state index is 0.0279. The number of aliphatic imine (C=N–C) groups is 1. The van der Waals surface area contributed by atoms with Gasteiger partial charge in [-0.3, -0.25) is 4.99 Å². The highest BCUT2D eigenvalue weighted by molar-refractivity contribution is 5.80. The second kappa shape index (κ2) is 8.86.